The van der Waals surface area contributed by atoms with E-state index < -0.39 is 0 Å². The normalized spacial score (nSPS) is 26.1. The topological polar surface area (TPSA) is 32.3 Å². The van der Waals surface area contributed by atoms with Crippen molar-refractivity contribution in [2.75, 3.05) is 13.1 Å². The summed E-state index contributed by atoms with van der Waals surface area (Å²) in [6, 6.07) is 8.44. The SMILES string of the molecule is O=C(CC1CCCN1)N1CCCC1c1ccccc1Cl. The van der Waals surface area contributed by atoms with Crippen molar-refractivity contribution in [1.29, 1.82) is 0 Å². The molecule has 2 saturated heterocycles. The van der Waals surface area contributed by atoms with Crippen LogP contribution in [-0.2, 0) is 4.79 Å². The fraction of sp³-hybridized carbons (Fsp3) is 0.562. The summed E-state index contributed by atoms with van der Waals surface area (Å²) in [7, 11) is 0. The molecule has 0 aromatic heterocycles. The maximum absolute atomic E-state index is 12.5. The third-order valence-electron chi connectivity index (χ3n) is 4.42. The van der Waals surface area contributed by atoms with E-state index in [1.165, 1.54) is 6.42 Å². The molecule has 1 N–H and O–H groups in total. The van der Waals surface area contributed by atoms with Gasteiger partial charge in [-0.15, -0.1) is 0 Å². The van der Waals surface area contributed by atoms with Crippen LogP contribution in [0.3, 0.4) is 0 Å². The van der Waals surface area contributed by atoms with Crippen molar-refractivity contribution in [3.63, 3.8) is 0 Å². The molecular formula is C16H21ClN2O. The van der Waals surface area contributed by atoms with E-state index in [1.54, 1.807) is 0 Å². The first-order valence-corrected chi connectivity index (χ1v) is 7.91. The zero-order chi connectivity index (χ0) is 13.9. The minimum absolute atomic E-state index is 0.164. The highest BCUT2D eigenvalue weighted by atomic mass is 35.5. The summed E-state index contributed by atoms with van der Waals surface area (Å²) in [5, 5.41) is 4.18. The zero-order valence-corrected chi connectivity index (χ0v) is 12.4. The van der Waals surface area contributed by atoms with Crippen LogP contribution in [0.4, 0.5) is 0 Å². The first kappa shape index (κ1) is 13.9. The summed E-state index contributed by atoms with van der Waals surface area (Å²) in [6.45, 7) is 1.91. The van der Waals surface area contributed by atoms with Crippen LogP contribution in [0.1, 0.15) is 43.7 Å². The van der Waals surface area contributed by atoms with Crippen LogP contribution in [0.25, 0.3) is 0 Å². The molecule has 20 heavy (non-hydrogen) atoms. The Kier molecular flexibility index (Phi) is 4.27. The minimum Gasteiger partial charge on any atom is -0.336 e. The molecule has 2 fully saturated rings. The molecule has 2 heterocycles. The number of hydrogen-bond donors (Lipinski definition) is 1. The van der Waals surface area contributed by atoms with Gasteiger partial charge in [-0.1, -0.05) is 29.8 Å². The van der Waals surface area contributed by atoms with Crippen LogP contribution in [0.2, 0.25) is 5.02 Å². The van der Waals surface area contributed by atoms with Crippen LogP contribution in [0, 0.1) is 0 Å². The highest BCUT2D eigenvalue weighted by Gasteiger charge is 2.32. The first-order valence-electron chi connectivity index (χ1n) is 7.53. The molecule has 1 aromatic rings. The molecule has 2 aliphatic heterocycles. The molecule has 4 heteroatoms. The van der Waals surface area contributed by atoms with Crippen molar-refractivity contribution in [2.24, 2.45) is 0 Å². The molecule has 2 atom stereocenters. The Hall–Kier alpha value is -1.06. The molecular weight excluding hydrogens is 272 g/mol. The van der Waals surface area contributed by atoms with Crippen LogP contribution >= 0.6 is 11.6 Å². The number of benzene rings is 1. The van der Waals surface area contributed by atoms with E-state index in [4.69, 9.17) is 11.6 Å². The summed E-state index contributed by atoms with van der Waals surface area (Å²) in [4.78, 5) is 14.6. The van der Waals surface area contributed by atoms with Gasteiger partial charge >= 0.3 is 0 Å². The molecule has 0 bridgehead atoms. The van der Waals surface area contributed by atoms with Crippen LogP contribution in [0.15, 0.2) is 24.3 Å². The number of carbonyl (C=O) groups is 1. The average molecular weight is 293 g/mol. The van der Waals surface area contributed by atoms with E-state index in [2.05, 4.69) is 5.32 Å². The summed E-state index contributed by atoms with van der Waals surface area (Å²) >= 11 is 6.29. The molecule has 2 unspecified atom stereocenters. The lowest BCUT2D eigenvalue weighted by atomic mass is 10.0. The maximum Gasteiger partial charge on any atom is 0.224 e. The molecule has 0 aliphatic carbocycles. The second-order valence-electron chi connectivity index (χ2n) is 5.76. The van der Waals surface area contributed by atoms with Gasteiger partial charge in [-0.3, -0.25) is 4.79 Å². The predicted octanol–water partition coefficient (Wildman–Crippen LogP) is 3.15. The van der Waals surface area contributed by atoms with Crippen molar-refractivity contribution < 1.29 is 4.79 Å². The highest BCUT2D eigenvalue weighted by Crippen LogP contribution is 2.36. The highest BCUT2D eigenvalue weighted by molar-refractivity contribution is 6.31. The zero-order valence-electron chi connectivity index (χ0n) is 11.6. The largest absolute Gasteiger partial charge is 0.336 e. The summed E-state index contributed by atoms with van der Waals surface area (Å²) < 4.78 is 0. The van der Waals surface area contributed by atoms with Crippen molar-refractivity contribution >= 4 is 17.5 Å². The van der Waals surface area contributed by atoms with Crippen molar-refractivity contribution in [3.05, 3.63) is 34.9 Å². The predicted molar refractivity (Wildman–Crippen MR) is 80.8 cm³/mol. The van der Waals surface area contributed by atoms with Gasteiger partial charge in [0.1, 0.15) is 0 Å². The maximum atomic E-state index is 12.5. The molecule has 1 aromatic carbocycles. The molecule has 3 rings (SSSR count). The van der Waals surface area contributed by atoms with Gasteiger partial charge in [-0.2, -0.15) is 0 Å². The second-order valence-corrected chi connectivity index (χ2v) is 6.17. The van der Waals surface area contributed by atoms with Gasteiger partial charge < -0.3 is 10.2 Å². The smallest absolute Gasteiger partial charge is 0.224 e. The van der Waals surface area contributed by atoms with Crippen molar-refractivity contribution in [3.8, 4) is 0 Å². The standard InChI is InChI=1S/C16H21ClN2O/c17-14-7-2-1-6-13(14)15-8-4-10-19(15)16(20)11-12-5-3-9-18-12/h1-2,6-7,12,15,18H,3-5,8-11H2. The van der Waals surface area contributed by atoms with E-state index in [0.29, 0.717) is 12.5 Å². The third kappa shape index (κ3) is 2.84. The molecule has 3 nitrogen and oxygen atoms in total. The molecule has 1 amide bonds. The van der Waals surface area contributed by atoms with Gasteiger partial charge in [0.15, 0.2) is 0 Å². The number of hydrogen-bond acceptors (Lipinski definition) is 2. The van der Waals surface area contributed by atoms with Gasteiger partial charge in [-0.05, 0) is 43.9 Å². The second kappa shape index (κ2) is 6.15. The Morgan fingerprint density at radius 2 is 2.15 bits per heavy atom. The first-order chi connectivity index (χ1) is 9.75. The van der Waals surface area contributed by atoms with E-state index in [0.717, 1.165) is 42.9 Å². The molecule has 108 valence electrons. The lowest BCUT2D eigenvalue weighted by Crippen LogP contribution is -2.35. The monoisotopic (exact) mass is 292 g/mol. The van der Waals surface area contributed by atoms with Crippen molar-refractivity contribution in [2.45, 2.75) is 44.2 Å². The van der Waals surface area contributed by atoms with Crippen LogP contribution in [0.5, 0.6) is 0 Å². The number of nitrogens with one attached hydrogen (secondary N) is 1. The average Bonchev–Trinajstić information content (AvgIpc) is 3.09. The molecule has 0 spiro atoms. The number of rotatable bonds is 3. The van der Waals surface area contributed by atoms with Gasteiger partial charge in [0, 0.05) is 24.0 Å². The Bertz CT molecular complexity index is 485. The van der Waals surface area contributed by atoms with Gasteiger partial charge in [-0.25, -0.2) is 0 Å². The Morgan fingerprint density at radius 3 is 2.90 bits per heavy atom. The molecule has 0 radical (unpaired) electrons. The summed E-state index contributed by atoms with van der Waals surface area (Å²) in [6.07, 6.45) is 5.02. The fourth-order valence-electron chi connectivity index (χ4n) is 3.39. The third-order valence-corrected chi connectivity index (χ3v) is 4.76. The van der Waals surface area contributed by atoms with Crippen LogP contribution in [-0.4, -0.2) is 29.9 Å². The van der Waals surface area contributed by atoms with Gasteiger partial charge in [0.05, 0.1) is 6.04 Å². The van der Waals surface area contributed by atoms with E-state index >= 15 is 0 Å². The lowest BCUT2D eigenvalue weighted by molar-refractivity contribution is -0.132. The Morgan fingerprint density at radius 1 is 1.30 bits per heavy atom. The van der Waals surface area contributed by atoms with E-state index in [-0.39, 0.29) is 11.9 Å². The van der Waals surface area contributed by atoms with Crippen molar-refractivity contribution in [1.82, 2.24) is 10.2 Å². The quantitative estimate of drug-likeness (QED) is 0.928. The van der Waals surface area contributed by atoms with E-state index in [1.807, 2.05) is 29.2 Å². The number of nitrogens with zero attached hydrogens (tertiary/aromatic N) is 1. The molecule has 0 saturated carbocycles. The van der Waals surface area contributed by atoms with Gasteiger partial charge in [0.25, 0.3) is 0 Å². The summed E-state index contributed by atoms with van der Waals surface area (Å²) in [5.41, 5.74) is 1.10. The Labute approximate surface area is 125 Å². The van der Waals surface area contributed by atoms with E-state index in [9.17, 15) is 4.79 Å². The lowest BCUT2D eigenvalue weighted by Gasteiger charge is -2.27. The van der Waals surface area contributed by atoms with Crippen LogP contribution < -0.4 is 5.32 Å². The Balaban J connectivity index is 1.72. The summed E-state index contributed by atoms with van der Waals surface area (Å²) in [5.74, 6) is 0.270. The van der Waals surface area contributed by atoms with Gasteiger partial charge in [0.2, 0.25) is 5.91 Å². The fourth-order valence-corrected chi connectivity index (χ4v) is 3.65. The number of carbonyl (C=O) groups excluding carboxylic acids is 1. The number of amides is 1. The number of likely N-dealkylation sites (tertiary alicyclic amines) is 1. The molecule has 2 aliphatic rings. The minimum atomic E-state index is 0.164. The number of halogens is 1.